The van der Waals surface area contributed by atoms with Crippen molar-refractivity contribution in [1.82, 2.24) is 0 Å². The highest BCUT2D eigenvalue weighted by Crippen LogP contribution is 2.25. The molecule has 0 radical (unpaired) electrons. The van der Waals surface area contributed by atoms with E-state index in [0.29, 0.717) is 5.75 Å². The fourth-order valence-electron chi connectivity index (χ4n) is 1.30. The summed E-state index contributed by atoms with van der Waals surface area (Å²) in [5, 5.41) is 22.3. The summed E-state index contributed by atoms with van der Waals surface area (Å²) in [5.41, 5.74) is -0.132. The van der Waals surface area contributed by atoms with Gasteiger partial charge in [-0.3, -0.25) is 14.3 Å². The minimum atomic E-state index is -1.16. The third-order valence-electron chi connectivity index (χ3n) is 2.15. The maximum Gasteiger partial charge on any atom is 0.335 e. The molecule has 0 spiro atoms. The Morgan fingerprint density at radius 1 is 1.56 bits per heavy atom. The van der Waals surface area contributed by atoms with Crippen molar-refractivity contribution in [3.05, 3.63) is 33.9 Å². The number of nitro benzene ring substituents is 1. The first kappa shape index (κ1) is 14.1. The Labute approximate surface area is 105 Å². The van der Waals surface area contributed by atoms with E-state index in [0.717, 1.165) is 6.07 Å². The summed E-state index contributed by atoms with van der Waals surface area (Å²) in [6.45, 7) is 0.271. The van der Waals surface area contributed by atoms with Crippen molar-refractivity contribution in [2.24, 2.45) is 0 Å². The largest absolute Gasteiger partial charge is 0.478 e. The number of nitro groups is 1. The minimum Gasteiger partial charge on any atom is -0.478 e. The van der Waals surface area contributed by atoms with Crippen LogP contribution in [0, 0.1) is 10.1 Å². The zero-order valence-corrected chi connectivity index (χ0v) is 10.4. The second-order valence-corrected chi connectivity index (χ2v) is 5.05. The van der Waals surface area contributed by atoms with Crippen molar-refractivity contribution in [2.45, 2.75) is 0 Å². The first-order chi connectivity index (χ1) is 8.41. The number of aromatic carboxylic acids is 1. The zero-order chi connectivity index (χ0) is 13.7. The van der Waals surface area contributed by atoms with Crippen LogP contribution in [0.4, 0.5) is 11.4 Å². The number of carboxylic acid groups (broad SMARTS) is 1. The third kappa shape index (κ3) is 3.81. The monoisotopic (exact) mass is 272 g/mol. The van der Waals surface area contributed by atoms with Crippen molar-refractivity contribution in [3.63, 3.8) is 0 Å². The Hall–Kier alpha value is -1.96. The SMILES string of the molecule is CS(=O)CCNc1cc(C(=O)O)ccc1[N+](=O)[O-]. The molecule has 8 heteroatoms. The van der Waals surface area contributed by atoms with Gasteiger partial charge in [-0.1, -0.05) is 0 Å². The maximum atomic E-state index is 10.9. The average Bonchev–Trinajstić information content (AvgIpc) is 2.27. The third-order valence-corrected chi connectivity index (χ3v) is 2.92. The molecule has 98 valence electrons. The normalized spacial score (nSPS) is 11.8. The van der Waals surface area contributed by atoms with Gasteiger partial charge in [0, 0.05) is 35.4 Å². The first-order valence-electron chi connectivity index (χ1n) is 4.97. The number of benzene rings is 1. The molecule has 0 aliphatic rings. The van der Waals surface area contributed by atoms with Gasteiger partial charge < -0.3 is 10.4 Å². The van der Waals surface area contributed by atoms with Crippen LogP contribution < -0.4 is 5.32 Å². The van der Waals surface area contributed by atoms with Crippen LogP contribution in [0.5, 0.6) is 0 Å². The van der Waals surface area contributed by atoms with Crippen LogP contribution in [0.2, 0.25) is 0 Å². The summed E-state index contributed by atoms with van der Waals surface area (Å²) < 4.78 is 10.9. The fourth-order valence-corrected chi connectivity index (χ4v) is 1.69. The van der Waals surface area contributed by atoms with Crippen LogP contribution in [-0.2, 0) is 10.8 Å². The Balaban J connectivity index is 2.96. The summed E-state index contributed by atoms with van der Waals surface area (Å²) in [5.74, 6) is -0.832. The predicted molar refractivity (Wildman–Crippen MR) is 67.5 cm³/mol. The molecule has 1 atom stereocenters. The lowest BCUT2D eigenvalue weighted by Gasteiger charge is -2.07. The lowest BCUT2D eigenvalue weighted by Crippen LogP contribution is -2.11. The maximum absolute atomic E-state index is 10.9. The number of hydrogen-bond acceptors (Lipinski definition) is 5. The highest BCUT2D eigenvalue weighted by atomic mass is 32.2. The molecular formula is C10H12N2O5S. The molecule has 0 saturated heterocycles. The molecule has 0 fully saturated rings. The fraction of sp³-hybridized carbons (Fsp3) is 0.300. The molecule has 0 amide bonds. The van der Waals surface area contributed by atoms with Gasteiger partial charge in [0.2, 0.25) is 0 Å². The number of carboxylic acids is 1. The van der Waals surface area contributed by atoms with E-state index in [2.05, 4.69) is 5.32 Å². The number of nitrogens with one attached hydrogen (secondary N) is 1. The molecule has 1 rings (SSSR count). The van der Waals surface area contributed by atoms with E-state index >= 15 is 0 Å². The van der Waals surface area contributed by atoms with Crippen molar-refractivity contribution < 1.29 is 19.0 Å². The number of nitrogens with zero attached hydrogens (tertiary/aromatic N) is 1. The first-order valence-corrected chi connectivity index (χ1v) is 6.70. The van der Waals surface area contributed by atoms with Crippen molar-refractivity contribution >= 4 is 28.1 Å². The molecule has 1 aromatic carbocycles. The van der Waals surface area contributed by atoms with Crippen LogP contribution >= 0.6 is 0 Å². The molecule has 1 aromatic rings. The van der Waals surface area contributed by atoms with Gasteiger partial charge in [0.15, 0.2) is 0 Å². The minimum absolute atomic E-state index is 0.0410. The molecule has 18 heavy (non-hydrogen) atoms. The molecule has 0 aliphatic carbocycles. The lowest BCUT2D eigenvalue weighted by molar-refractivity contribution is -0.384. The van der Waals surface area contributed by atoms with E-state index < -0.39 is 21.7 Å². The summed E-state index contributed by atoms with van der Waals surface area (Å²) in [6, 6.07) is 3.50. The van der Waals surface area contributed by atoms with Gasteiger partial charge in [-0.05, 0) is 12.1 Å². The number of rotatable bonds is 6. The number of hydrogen-bond donors (Lipinski definition) is 2. The second-order valence-electron chi connectivity index (χ2n) is 3.50. The zero-order valence-electron chi connectivity index (χ0n) is 9.58. The standard InChI is InChI=1S/C10H12N2O5S/c1-18(17)5-4-11-8-6-7(10(13)14)2-3-9(8)12(15)16/h2-3,6,11H,4-5H2,1H3,(H,13,14). The summed E-state index contributed by atoms with van der Waals surface area (Å²) in [6.07, 6.45) is 1.52. The Bertz CT molecular complexity index is 503. The topological polar surface area (TPSA) is 110 Å². The summed E-state index contributed by atoms with van der Waals surface area (Å²) in [4.78, 5) is 20.9. The van der Waals surface area contributed by atoms with Crippen LogP contribution in [0.25, 0.3) is 0 Å². The van der Waals surface area contributed by atoms with Gasteiger partial charge in [-0.2, -0.15) is 0 Å². The van der Waals surface area contributed by atoms with Crippen LogP contribution in [0.15, 0.2) is 18.2 Å². The summed E-state index contributed by atoms with van der Waals surface area (Å²) >= 11 is 0. The number of anilines is 1. The van der Waals surface area contributed by atoms with Crippen molar-refractivity contribution in [1.29, 1.82) is 0 Å². The quantitative estimate of drug-likeness (QED) is 0.592. The highest BCUT2D eigenvalue weighted by Gasteiger charge is 2.16. The Kier molecular flexibility index (Phi) is 4.78. The Morgan fingerprint density at radius 3 is 2.72 bits per heavy atom. The van der Waals surface area contributed by atoms with Gasteiger partial charge in [0.05, 0.1) is 10.5 Å². The van der Waals surface area contributed by atoms with E-state index in [1.165, 1.54) is 18.4 Å². The molecular weight excluding hydrogens is 260 g/mol. The van der Waals surface area contributed by atoms with E-state index in [4.69, 9.17) is 5.11 Å². The molecule has 2 N–H and O–H groups in total. The van der Waals surface area contributed by atoms with Crippen molar-refractivity contribution in [3.8, 4) is 0 Å². The summed E-state index contributed by atoms with van der Waals surface area (Å²) in [7, 11) is -1.02. The number of carbonyl (C=O) groups is 1. The van der Waals surface area contributed by atoms with Gasteiger partial charge in [0.1, 0.15) is 5.69 Å². The van der Waals surface area contributed by atoms with Gasteiger partial charge in [0.25, 0.3) is 5.69 Å². The molecule has 0 saturated carbocycles. The van der Waals surface area contributed by atoms with E-state index in [1.807, 2.05) is 0 Å². The highest BCUT2D eigenvalue weighted by molar-refractivity contribution is 7.84. The second kappa shape index (κ2) is 6.10. The van der Waals surface area contributed by atoms with E-state index in [1.54, 1.807) is 0 Å². The molecule has 0 aliphatic heterocycles. The van der Waals surface area contributed by atoms with Gasteiger partial charge in [-0.25, -0.2) is 4.79 Å². The van der Waals surface area contributed by atoms with Gasteiger partial charge >= 0.3 is 5.97 Å². The smallest absolute Gasteiger partial charge is 0.335 e. The predicted octanol–water partition coefficient (Wildman–Crippen LogP) is 1.08. The Morgan fingerprint density at radius 2 is 2.22 bits per heavy atom. The molecule has 0 heterocycles. The van der Waals surface area contributed by atoms with E-state index in [9.17, 15) is 19.1 Å². The lowest BCUT2D eigenvalue weighted by atomic mass is 10.1. The molecule has 0 bridgehead atoms. The van der Waals surface area contributed by atoms with Crippen molar-refractivity contribution in [2.75, 3.05) is 23.9 Å². The average molecular weight is 272 g/mol. The molecule has 7 nitrogen and oxygen atoms in total. The van der Waals surface area contributed by atoms with Gasteiger partial charge in [-0.15, -0.1) is 0 Å². The van der Waals surface area contributed by atoms with Crippen LogP contribution in [0.3, 0.4) is 0 Å². The van der Waals surface area contributed by atoms with Crippen LogP contribution in [0.1, 0.15) is 10.4 Å². The molecule has 0 aromatic heterocycles. The van der Waals surface area contributed by atoms with Crippen LogP contribution in [-0.4, -0.2) is 38.8 Å². The molecule has 1 unspecified atom stereocenters. The van der Waals surface area contributed by atoms with E-state index in [-0.39, 0.29) is 23.5 Å².